The van der Waals surface area contributed by atoms with Gasteiger partial charge in [0.05, 0.1) is 5.60 Å². The van der Waals surface area contributed by atoms with Gasteiger partial charge in [0.25, 0.3) is 0 Å². The Hall–Kier alpha value is -2.30. The predicted octanol–water partition coefficient (Wildman–Crippen LogP) is 3.29. The Morgan fingerprint density at radius 2 is 1.93 bits per heavy atom. The number of likely N-dealkylation sites (N-methyl/N-ethyl adjacent to an activating group) is 1. The number of piperidine rings is 1. The molecule has 0 spiro atoms. The number of H-pyrrole nitrogens is 1. The molecular formula is C23H26N2O2. The van der Waals surface area contributed by atoms with Gasteiger partial charge < -0.3 is 20.1 Å². The minimum absolute atomic E-state index is 0.265. The molecule has 1 aromatic heterocycles. The Kier molecular flexibility index (Phi) is 3.49. The lowest BCUT2D eigenvalue weighted by Crippen LogP contribution is -2.65. The summed E-state index contributed by atoms with van der Waals surface area (Å²) in [5.74, 6) is 0.265. The summed E-state index contributed by atoms with van der Waals surface area (Å²) in [6.07, 6.45) is 2.27. The summed E-state index contributed by atoms with van der Waals surface area (Å²) < 4.78 is 0. The van der Waals surface area contributed by atoms with E-state index in [0.717, 1.165) is 30.5 Å². The lowest BCUT2D eigenvalue weighted by Gasteiger charge is -2.56. The van der Waals surface area contributed by atoms with Gasteiger partial charge in [-0.1, -0.05) is 24.3 Å². The Bertz CT molecular complexity index is 1040. The van der Waals surface area contributed by atoms with Crippen molar-refractivity contribution in [3.63, 3.8) is 0 Å². The van der Waals surface area contributed by atoms with Crippen LogP contribution in [0.15, 0.2) is 42.5 Å². The van der Waals surface area contributed by atoms with Gasteiger partial charge in [-0.2, -0.15) is 0 Å². The number of aromatic nitrogens is 1. The molecule has 2 aliphatic rings. The number of hydrogen-bond acceptors (Lipinski definition) is 3. The largest absolute Gasteiger partial charge is 0.508 e. The Labute approximate surface area is 159 Å². The number of hydrogen-bond donors (Lipinski definition) is 3. The van der Waals surface area contributed by atoms with E-state index < -0.39 is 5.60 Å². The third-order valence-electron chi connectivity index (χ3n) is 6.91. The van der Waals surface area contributed by atoms with E-state index in [1.165, 1.54) is 22.2 Å². The number of nitrogens with one attached hydrogen (secondary N) is 1. The molecule has 4 nitrogen and oxygen atoms in total. The first-order valence-electron chi connectivity index (χ1n) is 9.71. The van der Waals surface area contributed by atoms with E-state index in [2.05, 4.69) is 48.1 Å². The van der Waals surface area contributed by atoms with Gasteiger partial charge in [-0.3, -0.25) is 0 Å². The molecule has 3 N–H and O–H groups in total. The van der Waals surface area contributed by atoms with E-state index in [1.54, 1.807) is 6.07 Å². The van der Waals surface area contributed by atoms with Crippen LogP contribution in [0.5, 0.6) is 5.75 Å². The molecule has 2 atom stereocenters. The average molecular weight is 362 g/mol. The van der Waals surface area contributed by atoms with Crippen molar-refractivity contribution in [2.75, 3.05) is 20.1 Å². The third-order valence-corrected chi connectivity index (χ3v) is 6.91. The smallest absolute Gasteiger partial charge is 0.115 e. The quantitative estimate of drug-likeness (QED) is 0.623. The van der Waals surface area contributed by atoms with E-state index in [-0.39, 0.29) is 11.2 Å². The Balaban J connectivity index is 1.75. The standard InChI is InChI=1S/C23H26N2O2/c1-15-5-3-8-19-21(15)18-12-23(27)14-25(2)10-9-22(23,13-20(18)24-19)16-6-4-7-17(26)11-16/h3-8,11,24,26-27H,9-10,12-14H2,1-2H3. The first-order valence-corrected chi connectivity index (χ1v) is 9.71. The molecule has 1 aliphatic carbocycles. The molecule has 2 heterocycles. The summed E-state index contributed by atoms with van der Waals surface area (Å²) in [4.78, 5) is 5.87. The Morgan fingerprint density at radius 1 is 1.11 bits per heavy atom. The number of aliphatic hydroxyl groups is 1. The van der Waals surface area contributed by atoms with Crippen LogP contribution in [-0.4, -0.2) is 45.8 Å². The Morgan fingerprint density at radius 3 is 2.74 bits per heavy atom. The van der Waals surface area contributed by atoms with Crippen molar-refractivity contribution >= 4 is 10.9 Å². The summed E-state index contributed by atoms with van der Waals surface area (Å²) in [6, 6.07) is 13.9. The second-order valence-corrected chi connectivity index (χ2v) is 8.58. The first-order chi connectivity index (χ1) is 12.9. The van der Waals surface area contributed by atoms with Crippen LogP contribution in [0.2, 0.25) is 0 Å². The molecule has 1 fully saturated rings. The van der Waals surface area contributed by atoms with E-state index >= 15 is 0 Å². The van der Waals surface area contributed by atoms with E-state index in [0.29, 0.717) is 13.0 Å². The molecule has 140 valence electrons. The number of likely N-dealkylation sites (tertiary alicyclic amines) is 1. The fourth-order valence-corrected chi connectivity index (χ4v) is 5.59. The van der Waals surface area contributed by atoms with Crippen LogP contribution in [0.3, 0.4) is 0 Å². The SMILES string of the molecule is Cc1cccc2[nH]c3c(c12)CC1(O)CN(C)CCC1(c1cccc(O)c1)C3. The lowest BCUT2D eigenvalue weighted by molar-refractivity contribution is -0.0972. The molecule has 0 bridgehead atoms. The maximum atomic E-state index is 12.0. The van der Waals surface area contributed by atoms with Gasteiger partial charge >= 0.3 is 0 Å². The topological polar surface area (TPSA) is 59.5 Å². The second kappa shape index (κ2) is 5.60. The first kappa shape index (κ1) is 16.8. The fraction of sp³-hybridized carbons (Fsp3) is 0.391. The zero-order valence-corrected chi connectivity index (χ0v) is 15.9. The monoisotopic (exact) mass is 362 g/mol. The highest BCUT2D eigenvalue weighted by atomic mass is 16.3. The summed E-state index contributed by atoms with van der Waals surface area (Å²) >= 11 is 0. The maximum absolute atomic E-state index is 12.0. The molecule has 2 aromatic carbocycles. The van der Waals surface area contributed by atoms with Crippen molar-refractivity contribution in [3.8, 4) is 5.75 Å². The summed E-state index contributed by atoms with van der Waals surface area (Å²) in [5.41, 5.74) is 4.69. The maximum Gasteiger partial charge on any atom is 0.115 e. The highest BCUT2D eigenvalue weighted by Crippen LogP contribution is 2.51. The van der Waals surface area contributed by atoms with Crippen molar-refractivity contribution in [2.45, 2.75) is 37.2 Å². The molecule has 2 unspecified atom stereocenters. The molecule has 1 aliphatic heterocycles. The number of β-amino-alcohol motifs (C(OH)–C–C–N with tert-alkyl or cyclic N) is 1. The molecule has 0 saturated carbocycles. The molecular weight excluding hydrogens is 336 g/mol. The van der Waals surface area contributed by atoms with Crippen LogP contribution in [0.25, 0.3) is 10.9 Å². The molecule has 1 saturated heterocycles. The van der Waals surface area contributed by atoms with Crippen LogP contribution < -0.4 is 0 Å². The predicted molar refractivity (Wildman–Crippen MR) is 107 cm³/mol. The minimum Gasteiger partial charge on any atom is -0.508 e. The number of benzene rings is 2. The highest BCUT2D eigenvalue weighted by molar-refractivity contribution is 5.88. The normalized spacial score (nSPS) is 28.1. The van der Waals surface area contributed by atoms with Gasteiger partial charge in [-0.25, -0.2) is 0 Å². The average Bonchev–Trinajstić information content (AvgIpc) is 2.97. The number of aromatic amines is 1. The van der Waals surface area contributed by atoms with Crippen molar-refractivity contribution in [1.82, 2.24) is 9.88 Å². The number of rotatable bonds is 1. The number of nitrogens with zero attached hydrogens (tertiary/aromatic N) is 1. The van der Waals surface area contributed by atoms with Crippen LogP contribution in [0.4, 0.5) is 0 Å². The summed E-state index contributed by atoms with van der Waals surface area (Å²) in [5, 5.41) is 23.4. The summed E-state index contributed by atoms with van der Waals surface area (Å²) in [7, 11) is 2.08. The highest BCUT2D eigenvalue weighted by Gasteiger charge is 2.57. The molecule has 5 rings (SSSR count). The second-order valence-electron chi connectivity index (χ2n) is 8.58. The van der Waals surface area contributed by atoms with Crippen LogP contribution in [-0.2, 0) is 18.3 Å². The van der Waals surface area contributed by atoms with Crippen LogP contribution in [0.1, 0.15) is 28.8 Å². The van der Waals surface area contributed by atoms with E-state index in [1.807, 2.05) is 12.1 Å². The minimum atomic E-state index is -0.863. The number of aromatic hydroxyl groups is 1. The van der Waals surface area contributed by atoms with E-state index in [4.69, 9.17) is 0 Å². The number of fused-ring (bicyclic) bond motifs is 4. The zero-order valence-electron chi connectivity index (χ0n) is 15.9. The van der Waals surface area contributed by atoms with Gasteiger partial charge in [0.2, 0.25) is 0 Å². The van der Waals surface area contributed by atoms with Gasteiger partial charge in [-0.05, 0) is 61.8 Å². The molecule has 4 heteroatoms. The van der Waals surface area contributed by atoms with Crippen LogP contribution >= 0.6 is 0 Å². The van der Waals surface area contributed by atoms with Gasteiger partial charge in [0, 0.05) is 41.4 Å². The lowest BCUT2D eigenvalue weighted by atomic mass is 9.56. The van der Waals surface area contributed by atoms with Crippen molar-refractivity contribution in [1.29, 1.82) is 0 Å². The van der Waals surface area contributed by atoms with Crippen LogP contribution in [0, 0.1) is 6.92 Å². The molecule has 3 aromatic rings. The number of phenolic OH excluding ortho intramolecular Hbond substituents is 1. The fourth-order valence-electron chi connectivity index (χ4n) is 5.59. The molecule has 27 heavy (non-hydrogen) atoms. The number of phenols is 1. The van der Waals surface area contributed by atoms with Crippen molar-refractivity contribution < 1.29 is 10.2 Å². The van der Waals surface area contributed by atoms with E-state index in [9.17, 15) is 10.2 Å². The van der Waals surface area contributed by atoms with Crippen molar-refractivity contribution in [2.24, 2.45) is 0 Å². The third kappa shape index (κ3) is 2.30. The zero-order chi connectivity index (χ0) is 18.8. The molecule has 0 radical (unpaired) electrons. The molecule has 0 amide bonds. The van der Waals surface area contributed by atoms with Gasteiger partial charge in [0.1, 0.15) is 5.75 Å². The van der Waals surface area contributed by atoms with Crippen molar-refractivity contribution in [3.05, 3.63) is 64.8 Å². The van der Waals surface area contributed by atoms with Gasteiger partial charge in [-0.15, -0.1) is 0 Å². The summed E-state index contributed by atoms with van der Waals surface area (Å²) in [6.45, 7) is 3.72. The number of aryl methyl sites for hydroxylation is 1. The van der Waals surface area contributed by atoms with Gasteiger partial charge in [0.15, 0.2) is 0 Å².